The largest absolute Gasteiger partial charge is 0.508 e. The minimum absolute atomic E-state index is 0.101. The van der Waals surface area contributed by atoms with Crippen molar-refractivity contribution in [1.82, 2.24) is 0 Å². The molecule has 0 aromatic heterocycles. The van der Waals surface area contributed by atoms with E-state index in [0.29, 0.717) is 22.7 Å². The van der Waals surface area contributed by atoms with Crippen LogP contribution in [0.25, 0.3) is 6.08 Å². The van der Waals surface area contributed by atoms with Gasteiger partial charge in [-0.25, -0.2) is 0 Å². The van der Waals surface area contributed by atoms with Crippen LogP contribution in [0, 0.1) is 0 Å². The number of hydrogen-bond donors (Lipinski definition) is 3. The summed E-state index contributed by atoms with van der Waals surface area (Å²) in [6.45, 7) is 1.75. The van der Waals surface area contributed by atoms with Gasteiger partial charge in [0.2, 0.25) is 0 Å². The van der Waals surface area contributed by atoms with Crippen molar-refractivity contribution in [2.24, 2.45) is 5.73 Å². The molecule has 0 atom stereocenters. The second-order valence-electron chi connectivity index (χ2n) is 3.04. The molecule has 1 rings (SSSR count). The molecule has 0 spiro atoms. The fraction of sp³-hybridized carbons (Fsp3) is 0.200. The Hall–Kier alpha value is -1.84. The van der Waals surface area contributed by atoms with E-state index in [1.807, 2.05) is 0 Å². The van der Waals surface area contributed by atoms with Gasteiger partial charge in [0.25, 0.3) is 0 Å². The standard InChI is InChI=1S/C10H14N2O2/c1-6(11)3-7-4-8(13)5-9(14-2)10(7)12/h3-5,13H,11-12H2,1-2H3/b6-3-. The number of methoxy groups -OCH3 is 1. The highest BCUT2D eigenvalue weighted by molar-refractivity contribution is 5.73. The molecule has 0 unspecified atom stereocenters. The SMILES string of the molecule is COc1cc(O)cc(/C=C(/C)N)c1N. The smallest absolute Gasteiger partial charge is 0.146 e. The maximum Gasteiger partial charge on any atom is 0.146 e. The summed E-state index contributed by atoms with van der Waals surface area (Å²) in [6, 6.07) is 2.99. The van der Waals surface area contributed by atoms with Gasteiger partial charge >= 0.3 is 0 Å². The molecular weight excluding hydrogens is 180 g/mol. The number of hydrogen-bond acceptors (Lipinski definition) is 4. The van der Waals surface area contributed by atoms with Gasteiger partial charge < -0.3 is 21.3 Å². The van der Waals surface area contributed by atoms with E-state index in [0.717, 1.165) is 0 Å². The van der Waals surface area contributed by atoms with Crippen LogP contribution < -0.4 is 16.2 Å². The molecule has 0 saturated heterocycles. The first kappa shape index (κ1) is 10.2. The number of allylic oxidation sites excluding steroid dienone is 1. The average molecular weight is 194 g/mol. The quantitative estimate of drug-likeness (QED) is 0.489. The summed E-state index contributed by atoms with van der Waals surface area (Å²) in [5, 5.41) is 9.36. The first-order valence-corrected chi connectivity index (χ1v) is 4.15. The first-order chi connectivity index (χ1) is 6.54. The Labute approximate surface area is 82.8 Å². The molecule has 0 bridgehead atoms. The van der Waals surface area contributed by atoms with E-state index in [-0.39, 0.29) is 5.75 Å². The van der Waals surface area contributed by atoms with E-state index in [4.69, 9.17) is 16.2 Å². The maximum atomic E-state index is 9.36. The summed E-state index contributed by atoms with van der Waals surface area (Å²) in [6.07, 6.45) is 1.68. The second kappa shape index (κ2) is 3.91. The van der Waals surface area contributed by atoms with Crippen LogP contribution in [0.1, 0.15) is 12.5 Å². The molecule has 4 nitrogen and oxygen atoms in total. The molecule has 1 aromatic rings. The lowest BCUT2D eigenvalue weighted by Crippen LogP contribution is -1.97. The monoisotopic (exact) mass is 194 g/mol. The number of anilines is 1. The van der Waals surface area contributed by atoms with E-state index in [1.54, 1.807) is 13.0 Å². The van der Waals surface area contributed by atoms with Crippen molar-refractivity contribution < 1.29 is 9.84 Å². The van der Waals surface area contributed by atoms with Gasteiger partial charge in [0.05, 0.1) is 12.8 Å². The fourth-order valence-electron chi connectivity index (χ4n) is 1.17. The Kier molecular flexibility index (Phi) is 2.86. The van der Waals surface area contributed by atoms with Crippen LogP contribution in [0.5, 0.6) is 11.5 Å². The molecule has 0 fully saturated rings. The fourth-order valence-corrected chi connectivity index (χ4v) is 1.17. The Bertz CT molecular complexity index is 369. The molecule has 4 heteroatoms. The van der Waals surface area contributed by atoms with Gasteiger partial charge in [-0.2, -0.15) is 0 Å². The lowest BCUT2D eigenvalue weighted by Gasteiger charge is -2.08. The molecule has 0 aliphatic carbocycles. The number of phenolic OH excluding ortho intramolecular Hbond substituents is 1. The third-order valence-corrected chi connectivity index (χ3v) is 1.76. The number of benzene rings is 1. The number of nitrogen functional groups attached to an aromatic ring is 1. The Morgan fingerprint density at radius 3 is 2.64 bits per heavy atom. The third-order valence-electron chi connectivity index (χ3n) is 1.76. The zero-order valence-corrected chi connectivity index (χ0v) is 8.24. The number of ether oxygens (including phenoxy) is 1. The van der Waals surface area contributed by atoms with Crippen molar-refractivity contribution in [2.75, 3.05) is 12.8 Å². The van der Waals surface area contributed by atoms with Gasteiger partial charge in [-0.05, 0) is 19.1 Å². The summed E-state index contributed by atoms with van der Waals surface area (Å²) in [5.41, 5.74) is 13.0. The van der Waals surface area contributed by atoms with E-state index < -0.39 is 0 Å². The summed E-state index contributed by atoms with van der Waals surface area (Å²) >= 11 is 0. The van der Waals surface area contributed by atoms with Gasteiger partial charge in [0.15, 0.2) is 0 Å². The molecular formula is C10H14N2O2. The lowest BCUT2D eigenvalue weighted by atomic mass is 10.1. The van der Waals surface area contributed by atoms with E-state index in [9.17, 15) is 5.11 Å². The van der Waals surface area contributed by atoms with Gasteiger partial charge in [-0.1, -0.05) is 0 Å². The lowest BCUT2D eigenvalue weighted by molar-refractivity contribution is 0.409. The average Bonchev–Trinajstić information content (AvgIpc) is 2.09. The predicted octanol–water partition coefficient (Wildman–Crippen LogP) is 1.30. The third kappa shape index (κ3) is 2.10. The van der Waals surface area contributed by atoms with E-state index in [2.05, 4.69) is 0 Å². The summed E-state index contributed by atoms with van der Waals surface area (Å²) < 4.78 is 4.99. The summed E-state index contributed by atoms with van der Waals surface area (Å²) in [4.78, 5) is 0. The maximum absolute atomic E-state index is 9.36. The molecule has 76 valence electrons. The molecule has 0 aliphatic rings. The number of aromatic hydroxyl groups is 1. The molecule has 0 amide bonds. The minimum atomic E-state index is 0.101. The minimum Gasteiger partial charge on any atom is -0.508 e. The van der Waals surface area contributed by atoms with Crippen LogP contribution in [0.2, 0.25) is 0 Å². The molecule has 0 saturated carbocycles. The predicted molar refractivity (Wildman–Crippen MR) is 56.9 cm³/mol. The van der Waals surface area contributed by atoms with E-state index in [1.165, 1.54) is 19.2 Å². The van der Waals surface area contributed by atoms with Gasteiger partial charge in [-0.15, -0.1) is 0 Å². The zero-order chi connectivity index (χ0) is 10.7. The van der Waals surface area contributed by atoms with Gasteiger partial charge in [0.1, 0.15) is 11.5 Å². The van der Waals surface area contributed by atoms with E-state index >= 15 is 0 Å². The van der Waals surface area contributed by atoms with Crippen LogP contribution in [-0.2, 0) is 0 Å². The van der Waals surface area contributed by atoms with Crippen molar-refractivity contribution in [2.45, 2.75) is 6.92 Å². The highest BCUT2D eigenvalue weighted by Crippen LogP contribution is 2.31. The van der Waals surface area contributed by atoms with Crippen molar-refractivity contribution in [3.05, 3.63) is 23.4 Å². The van der Waals surface area contributed by atoms with Crippen LogP contribution >= 0.6 is 0 Å². The zero-order valence-electron chi connectivity index (χ0n) is 8.24. The number of rotatable bonds is 2. The van der Waals surface area contributed by atoms with Gasteiger partial charge in [0, 0.05) is 17.3 Å². The summed E-state index contributed by atoms with van der Waals surface area (Å²) in [7, 11) is 1.49. The van der Waals surface area contributed by atoms with Crippen molar-refractivity contribution in [3.8, 4) is 11.5 Å². The van der Waals surface area contributed by atoms with Gasteiger partial charge in [-0.3, -0.25) is 0 Å². The van der Waals surface area contributed by atoms with Crippen LogP contribution in [0.4, 0.5) is 5.69 Å². The molecule has 1 aromatic carbocycles. The van der Waals surface area contributed by atoms with Crippen molar-refractivity contribution in [3.63, 3.8) is 0 Å². The topological polar surface area (TPSA) is 81.5 Å². The van der Waals surface area contributed by atoms with Crippen molar-refractivity contribution >= 4 is 11.8 Å². The van der Waals surface area contributed by atoms with Crippen LogP contribution in [0.15, 0.2) is 17.8 Å². The molecule has 0 heterocycles. The van der Waals surface area contributed by atoms with Crippen LogP contribution in [0.3, 0.4) is 0 Å². The second-order valence-corrected chi connectivity index (χ2v) is 3.04. The highest BCUT2D eigenvalue weighted by Gasteiger charge is 2.06. The molecule has 14 heavy (non-hydrogen) atoms. The number of nitrogens with two attached hydrogens (primary N) is 2. The highest BCUT2D eigenvalue weighted by atomic mass is 16.5. The van der Waals surface area contributed by atoms with Crippen LogP contribution in [-0.4, -0.2) is 12.2 Å². The molecule has 0 aliphatic heterocycles. The van der Waals surface area contributed by atoms with Crippen molar-refractivity contribution in [1.29, 1.82) is 0 Å². The molecule has 5 N–H and O–H groups in total. The normalized spacial score (nSPS) is 11.4. The Morgan fingerprint density at radius 2 is 2.14 bits per heavy atom. The Morgan fingerprint density at radius 1 is 1.50 bits per heavy atom. The number of phenols is 1. The Balaban J connectivity index is 3.29. The molecule has 0 radical (unpaired) electrons. The summed E-state index contributed by atoms with van der Waals surface area (Å²) in [5.74, 6) is 0.543. The first-order valence-electron chi connectivity index (χ1n) is 4.15.